The molecule has 1 fully saturated rings. The topological polar surface area (TPSA) is 112 Å². The molecule has 2 heterocycles. The molecule has 0 aliphatic carbocycles. The maximum Gasteiger partial charge on any atom is 0.251 e. The van der Waals surface area contributed by atoms with Gasteiger partial charge in [0.1, 0.15) is 5.82 Å². The number of carbonyl (C=O) groups excluding carboxylic acids is 2. The van der Waals surface area contributed by atoms with Gasteiger partial charge in [0.25, 0.3) is 5.91 Å². The molecule has 0 atom stereocenters. The first kappa shape index (κ1) is 23.7. The second kappa shape index (κ2) is 9.66. The van der Waals surface area contributed by atoms with E-state index in [2.05, 4.69) is 19.9 Å². The maximum absolute atomic E-state index is 12.5. The van der Waals surface area contributed by atoms with Crippen LogP contribution in [-0.4, -0.2) is 68.4 Å². The summed E-state index contributed by atoms with van der Waals surface area (Å²) in [7, 11) is -3.68. The van der Waals surface area contributed by atoms with Gasteiger partial charge in [-0.2, -0.15) is 0 Å². The molecular formula is C22H29N5O4S. The van der Waals surface area contributed by atoms with Gasteiger partial charge in [-0.05, 0) is 57.2 Å². The van der Waals surface area contributed by atoms with Crippen LogP contribution in [0, 0.1) is 0 Å². The zero-order valence-corrected chi connectivity index (χ0v) is 19.4. The Morgan fingerprint density at radius 1 is 1.00 bits per heavy atom. The number of sulfonamides is 1. The minimum absolute atomic E-state index is 0.0748. The summed E-state index contributed by atoms with van der Waals surface area (Å²) in [5.74, 6) is 0.293. The monoisotopic (exact) mass is 459 g/mol. The number of amides is 2. The Morgan fingerprint density at radius 3 is 2.22 bits per heavy atom. The molecule has 0 spiro atoms. The normalized spacial score (nSPS) is 14.8. The van der Waals surface area contributed by atoms with Gasteiger partial charge in [-0.3, -0.25) is 9.59 Å². The summed E-state index contributed by atoms with van der Waals surface area (Å²) in [5, 5.41) is 2.61. The van der Waals surface area contributed by atoms with E-state index in [1.54, 1.807) is 31.9 Å². The van der Waals surface area contributed by atoms with Crippen LogP contribution in [0.4, 0.5) is 5.82 Å². The third kappa shape index (κ3) is 6.27. The molecule has 1 aromatic carbocycles. The van der Waals surface area contributed by atoms with Crippen molar-refractivity contribution in [1.29, 1.82) is 0 Å². The van der Waals surface area contributed by atoms with E-state index in [1.807, 2.05) is 18.2 Å². The molecule has 0 unspecified atom stereocenters. The molecular weight excluding hydrogens is 430 g/mol. The lowest BCUT2D eigenvalue weighted by molar-refractivity contribution is -0.130. The largest absolute Gasteiger partial charge is 0.353 e. The van der Waals surface area contributed by atoms with Crippen molar-refractivity contribution in [3.63, 3.8) is 0 Å². The van der Waals surface area contributed by atoms with Crippen molar-refractivity contribution in [3.8, 4) is 0 Å². The average molecular weight is 460 g/mol. The van der Waals surface area contributed by atoms with Crippen LogP contribution in [0.3, 0.4) is 0 Å². The fourth-order valence-corrected chi connectivity index (χ4v) is 4.76. The predicted molar refractivity (Wildman–Crippen MR) is 122 cm³/mol. The molecule has 32 heavy (non-hydrogen) atoms. The van der Waals surface area contributed by atoms with E-state index in [0.29, 0.717) is 26.2 Å². The maximum atomic E-state index is 12.5. The molecule has 2 amide bonds. The number of nitrogens with one attached hydrogen (secondary N) is 2. The number of rotatable bonds is 6. The van der Waals surface area contributed by atoms with E-state index in [-0.39, 0.29) is 22.9 Å². The summed E-state index contributed by atoms with van der Waals surface area (Å²) in [6.07, 6.45) is 1.74. The number of carbonyl (C=O) groups is 2. The van der Waals surface area contributed by atoms with Crippen LogP contribution in [-0.2, 0) is 14.8 Å². The number of hydrogen-bond acceptors (Lipinski definition) is 6. The Hall–Kier alpha value is -2.98. The molecule has 0 radical (unpaired) electrons. The SMILES string of the molecule is CC(C)(C)NS(=O)(=O)c1ccc(C(=O)NCC(=O)N2CCN(c3ccccn3)CC2)cc1. The molecule has 10 heteroatoms. The first-order chi connectivity index (χ1) is 15.0. The number of piperazine rings is 1. The van der Waals surface area contributed by atoms with Gasteiger partial charge >= 0.3 is 0 Å². The first-order valence-corrected chi connectivity index (χ1v) is 11.9. The second-order valence-electron chi connectivity index (χ2n) is 8.62. The van der Waals surface area contributed by atoms with E-state index in [4.69, 9.17) is 0 Å². The Labute approximate surface area is 188 Å². The van der Waals surface area contributed by atoms with E-state index in [9.17, 15) is 18.0 Å². The molecule has 172 valence electrons. The Morgan fingerprint density at radius 2 is 1.66 bits per heavy atom. The van der Waals surface area contributed by atoms with Crippen molar-refractivity contribution in [3.05, 3.63) is 54.2 Å². The van der Waals surface area contributed by atoms with Gasteiger partial charge in [0, 0.05) is 43.5 Å². The second-order valence-corrected chi connectivity index (χ2v) is 10.3. The Balaban J connectivity index is 1.50. The van der Waals surface area contributed by atoms with Gasteiger partial charge in [-0.1, -0.05) is 6.07 Å². The molecule has 1 aromatic heterocycles. The van der Waals surface area contributed by atoms with Crippen LogP contribution in [0.1, 0.15) is 31.1 Å². The average Bonchev–Trinajstić information content (AvgIpc) is 2.76. The minimum Gasteiger partial charge on any atom is -0.353 e. The quantitative estimate of drug-likeness (QED) is 0.672. The van der Waals surface area contributed by atoms with Crippen molar-refractivity contribution >= 4 is 27.7 Å². The molecule has 1 saturated heterocycles. The van der Waals surface area contributed by atoms with Crippen LogP contribution >= 0.6 is 0 Å². The number of aromatic nitrogens is 1. The Kier molecular flexibility index (Phi) is 7.15. The highest BCUT2D eigenvalue weighted by molar-refractivity contribution is 7.89. The van der Waals surface area contributed by atoms with Crippen LogP contribution in [0.15, 0.2) is 53.6 Å². The molecule has 0 bridgehead atoms. The van der Waals surface area contributed by atoms with Crippen molar-refractivity contribution in [2.75, 3.05) is 37.6 Å². The smallest absolute Gasteiger partial charge is 0.251 e. The van der Waals surface area contributed by atoms with Crippen molar-refractivity contribution < 1.29 is 18.0 Å². The van der Waals surface area contributed by atoms with Gasteiger partial charge < -0.3 is 15.1 Å². The summed E-state index contributed by atoms with van der Waals surface area (Å²) in [6.45, 7) is 7.60. The fraction of sp³-hybridized carbons (Fsp3) is 0.409. The number of nitrogens with zero attached hydrogens (tertiary/aromatic N) is 3. The van der Waals surface area contributed by atoms with E-state index in [1.165, 1.54) is 24.3 Å². The lowest BCUT2D eigenvalue weighted by Crippen LogP contribution is -2.51. The molecule has 3 rings (SSSR count). The number of benzene rings is 1. The van der Waals surface area contributed by atoms with Gasteiger partial charge in [-0.15, -0.1) is 0 Å². The van der Waals surface area contributed by atoms with Crippen LogP contribution in [0.25, 0.3) is 0 Å². The highest BCUT2D eigenvalue weighted by Crippen LogP contribution is 2.14. The van der Waals surface area contributed by atoms with Gasteiger partial charge in [0.2, 0.25) is 15.9 Å². The number of pyridine rings is 1. The lowest BCUT2D eigenvalue weighted by Gasteiger charge is -2.35. The first-order valence-electron chi connectivity index (χ1n) is 10.4. The minimum atomic E-state index is -3.68. The van der Waals surface area contributed by atoms with E-state index < -0.39 is 21.5 Å². The zero-order chi connectivity index (χ0) is 23.4. The summed E-state index contributed by atoms with van der Waals surface area (Å²) >= 11 is 0. The third-order valence-corrected chi connectivity index (χ3v) is 6.65. The van der Waals surface area contributed by atoms with E-state index in [0.717, 1.165) is 5.82 Å². The molecule has 2 N–H and O–H groups in total. The molecule has 0 saturated carbocycles. The summed E-state index contributed by atoms with van der Waals surface area (Å²) in [5.41, 5.74) is -0.328. The van der Waals surface area contributed by atoms with Crippen LogP contribution in [0.5, 0.6) is 0 Å². The number of anilines is 1. The summed E-state index contributed by atoms with van der Waals surface area (Å²) in [6, 6.07) is 11.3. The van der Waals surface area contributed by atoms with Crippen molar-refractivity contribution in [2.24, 2.45) is 0 Å². The third-order valence-electron chi connectivity index (χ3n) is 4.87. The summed E-state index contributed by atoms with van der Waals surface area (Å²) in [4.78, 5) is 33.1. The van der Waals surface area contributed by atoms with Crippen molar-refractivity contribution in [2.45, 2.75) is 31.2 Å². The van der Waals surface area contributed by atoms with Crippen LogP contribution < -0.4 is 14.9 Å². The molecule has 2 aromatic rings. The molecule has 9 nitrogen and oxygen atoms in total. The number of hydrogen-bond donors (Lipinski definition) is 2. The Bertz CT molecular complexity index is 1040. The lowest BCUT2D eigenvalue weighted by atomic mass is 10.1. The summed E-state index contributed by atoms with van der Waals surface area (Å²) < 4.78 is 27.3. The van der Waals surface area contributed by atoms with Crippen LogP contribution in [0.2, 0.25) is 0 Å². The standard InChI is InChI=1S/C22H29N5O4S/c1-22(2,3)25-32(30,31)18-9-7-17(8-10-18)21(29)24-16-20(28)27-14-12-26(13-15-27)19-6-4-5-11-23-19/h4-11,25H,12-16H2,1-3H3,(H,24,29). The molecule has 1 aliphatic heterocycles. The van der Waals surface area contributed by atoms with Gasteiger partial charge in [0.05, 0.1) is 11.4 Å². The highest BCUT2D eigenvalue weighted by atomic mass is 32.2. The van der Waals surface area contributed by atoms with Gasteiger partial charge in [0.15, 0.2) is 0 Å². The van der Waals surface area contributed by atoms with Crippen molar-refractivity contribution in [1.82, 2.24) is 19.9 Å². The molecule has 1 aliphatic rings. The zero-order valence-electron chi connectivity index (χ0n) is 18.5. The fourth-order valence-electron chi connectivity index (χ4n) is 3.34. The highest BCUT2D eigenvalue weighted by Gasteiger charge is 2.23. The predicted octanol–water partition coefficient (Wildman–Crippen LogP) is 1.24. The van der Waals surface area contributed by atoms with Gasteiger partial charge in [-0.25, -0.2) is 18.1 Å². The van der Waals surface area contributed by atoms with E-state index >= 15 is 0 Å².